The minimum absolute atomic E-state index is 0.0392. The first-order valence-electron chi connectivity index (χ1n) is 9.42. The fourth-order valence-corrected chi connectivity index (χ4v) is 2.92. The summed E-state index contributed by atoms with van der Waals surface area (Å²) in [6.45, 7) is 2.08. The van der Waals surface area contributed by atoms with Crippen LogP contribution in [0.15, 0.2) is 66.7 Å². The zero-order chi connectivity index (χ0) is 20.6. The van der Waals surface area contributed by atoms with Gasteiger partial charge in [-0.3, -0.25) is 9.59 Å². The fourth-order valence-electron chi connectivity index (χ4n) is 2.92. The number of hydrogen-bond acceptors (Lipinski definition) is 4. The molecule has 0 aromatic heterocycles. The normalized spacial score (nSPS) is 10.4. The monoisotopic (exact) mass is 392 g/mol. The first-order chi connectivity index (χ1) is 14.1. The molecule has 0 aliphatic carbocycles. The third kappa shape index (κ3) is 5.48. The lowest BCUT2D eigenvalue weighted by atomic mass is 10.1. The Hall–Kier alpha value is -3.54. The van der Waals surface area contributed by atoms with Gasteiger partial charge in [0.15, 0.2) is 6.61 Å². The second kappa shape index (κ2) is 9.59. The van der Waals surface area contributed by atoms with Crippen LogP contribution in [0.25, 0.3) is 10.8 Å². The molecule has 0 saturated heterocycles. The minimum Gasteiger partial charge on any atom is -0.497 e. The summed E-state index contributed by atoms with van der Waals surface area (Å²) in [5.74, 6) is 0.816. The van der Waals surface area contributed by atoms with Crippen molar-refractivity contribution in [1.29, 1.82) is 0 Å². The second-order valence-corrected chi connectivity index (χ2v) is 6.48. The number of carbonyl (C=O) groups is 2. The van der Waals surface area contributed by atoms with Crippen LogP contribution in [-0.2, 0) is 9.59 Å². The fraction of sp³-hybridized carbons (Fsp3) is 0.217. The molecular formula is C23H24N2O4. The molecular weight excluding hydrogens is 368 g/mol. The van der Waals surface area contributed by atoms with Crippen molar-refractivity contribution < 1.29 is 19.1 Å². The van der Waals surface area contributed by atoms with Crippen LogP contribution < -0.4 is 14.8 Å². The molecule has 0 aliphatic rings. The highest BCUT2D eigenvalue weighted by molar-refractivity contribution is 5.94. The molecule has 3 aromatic rings. The van der Waals surface area contributed by atoms with Gasteiger partial charge in [0.25, 0.3) is 5.91 Å². The molecule has 6 heteroatoms. The van der Waals surface area contributed by atoms with Gasteiger partial charge in [0.1, 0.15) is 11.5 Å². The van der Waals surface area contributed by atoms with Crippen molar-refractivity contribution in [1.82, 2.24) is 4.90 Å². The number of ether oxygens (including phenoxy) is 2. The molecule has 0 fully saturated rings. The Morgan fingerprint density at radius 2 is 1.62 bits per heavy atom. The lowest BCUT2D eigenvalue weighted by molar-refractivity contribution is -0.136. The Labute approximate surface area is 170 Å². The topological polar surface area (TPSA) is 67.9 Å². The number of nitrogens with one attached hydrogen (secondary N) is 1. The van der Waals surface area contributed by atoms with Crippen LogP contribution in [0.2, 0.25) is 0 Å². The molecule has 0 radical (unpaired) electrons. The summed E-state index contributed by atoms with van der Waals surface area (Å²) in [6, 6.07) is 20.6. The Morgan fingerprint density at radius 1 is 0.931 bits per heavy atom. The number of hydrogen-bond donors (Lipinski definition) is 1. The first-order valence-corrected chi connectivity index (χ1v) is 9.42. The summed E-state index contributed by atoms with van der Waals surface area (Å²) in [4.78, 5) is 26.2. The molecule has 0 spiro atoms. The zero-order valence-electron chi connectivity index (χ0n) is 16.6. The molecule has 3 rings (SSSR count). The Bertz CT molecular complexity index is 986. The van der Waals surface area contributed by atoms with Crippen molar-refractivity contribution in [3.8, 4) is 11.5 Å². The van der Waals surface area contributed by atoms with E-state index in [1.54, 1.807) is 31.4 Å². The molecule has 29 heavy (non-hydrogen) atoms. The lowest BCUT2D eigenvalue weighted by Gasteiger charge is -2.20. The number of nitrogens with zero attached hydrogens (tertiary/aromatic N) is 1. The van der Waals surface area contributed by atoms with Crippen LogP contribution in [0.3, 0.4) is 0 Å². The van der Waals surface area contributed by atoms with Crippen LogP contribution in [0.4, 0.5) is 5.69 Å². The predicted molar refractivity (Wildman–Crippen MR) is 113 cm³/mol. The van der Waals surface area contributed by atoms with E-state index in [9.17, 15) is 9.59 Å². The molecule has 1 N–H and O–H groups in total. The van der Waals surface area contributed by atoms with Crippen LogP contribution in [-0.4, -0.2) is 43.5 Å². The van der Waals surface area contributed by atoms with E-state index in [0.717, 1.165) is 10.8 Å². The van der Waals surface area contributed by atoms with Crippen molar-refractivity contribution in [2.75, 3.05) is 32.1 Å². The van der Waals surface area contributed by atoms with Gasteiger partial charge in [0.2, 0.25) is 5.91 Å². The number of rotatable bonds is 8. The second-order valence-electron chi connectivity index (χ2n) is 6.48. The van der Waals surface area contributed by atoms with E-state index in [1.807, 2.05) is 49.4 Å². The van der Waals surface area contributed by atoms with Gasteiger partial charge >= 0.3 is 0 Å². The lowest BCUT2D eigenvalue weighted by Crippen LogP contribution is -2.40. The van der Waals surface area contributed by atoms with Gasteiger partial charge in [0, 0.05) is 12.2 Å². The molecule has 0 heterocycles. The summed E-state index contributed by atoms with van der Waals surface area (Å²) in [6.07, 6.45) is 0. The maximum Gasteiger partial charge on any atom is 0.260 e. The largest absolute Gasteiger partial charge is 0.497 e. The number of likely N-dealkylation sites (N-methyl/N-ethyl adjacent to an activating group) is 1. The van der Waals surface area contributed by atoms with E-state index in [-0.39, 0.29) is 25.0 Å². The van der Waals surface area contributed by atoms with Gasteiger partial charge in [-0.1, -0.05) is 30.3 Å². The van der Waals surface area contributed by atoms with E-state index in [2.05, 4.69) is 5.32 Å². The van der Waals surface area contributed by atoms with Gasteiger partial charge in [-0.15, -0.1) is 0 Å². The Kier molecular flexibility index (Phi) is 6.68. The highest BCUT2D eigenvalue weighted by atomic mass is 16.5. The number of fused-ring (bicyclic) bond motifs is 1. The van der Waals surface area contributed by atoms with Gasteiger partial charge in [-0.05, 0) is 54.1 Å². The predicted octanol–water partition coefficient (Wildman–Crippen LogP) is 3.71. The first kappa shape index (κ1) is 20.2. The highest BCUT2D eigenvalue weighted by Gasteiger charge is 2.16. The molecule has 2 amide bonds. The Balaban J connectivity index is 1.53. The van der Waals surface area contributed by atoms with Crippen molar-refractivity contribution in [2.24, 2.45) is 0 Å². The summed E-state index contributed by atoms with van der Waals surface area (Å²) < 4.78 is 10.7. The van der Waals surface area contributed by atoms with Crippen LogP contribution in [0.1, 0.15) is 6.92 Å². The van der Waals surface area contributed by atoms with Crippen LogP contribution in [0, 0.1) is 0 Å². The third-order valence-corrected chi connectivity index (χ3v) is 4.53. The maximum atomic E-state index is 12.5. The standard InChI is InChI=1S/C23H24N2O4/c1-3-25(15-22(26)24-19-9-12-20(28-2)13-10-19)23(27)16-29-21-11-8-17-6-4-5-7-18(17)14-21/h4-14H,3,15-16H2,1-2H3,(H,24,26). The summed E-state index contributed by atoms with van der Waals surface area (Å²) in [5.41, 5.74) is 0.645. The Morgan fingerprint density at radius 3 is 2.31 bits per heavy atom. The van der Waals surface area contributed by atoms with E-state index >= 15 is 0 Å². The minimum atomic E-state index is -0.268. The van der Waals surface area contributed by atoms with Crippen molar-refractivity contribution in [3.05, 3.63) is 66.7 Å². The van der Waals surface area contributed by atoms with Gasteiger partial charge in [-0.2, -0.15) is 0 Å². The third-order valence-electron chi connectivity index (χ3n) is 4.53. The number of amides is 2. The van der Waals surface area contributed by atoms with Crippen molar-refractivity contribution in [3.63, 3.8) is 0 Å². The number of methoxy groups -OCH3 is 1. The maximum absolute atomic E-state index is 12.5. The molecule has 0 saturated carbocycles. The van der Waals surface area contributed by atoms with Gasteiger partial charge in [0.05, 0.1) is 13.7 Å². The SMILES string of the molecule is CCN(CC(=O)Nc1ccc(OC)cc1)C(=O)COc1ccc2ccccc2c1. The van der Waals surface area contributed by atoms with Gasteiger partial charge < -0.3 is 19.7 Å². The highest BCUT2D eigenvalue weighted by Crippen LogP contribution is 2.20. The summed E-state index contributed by atoms with van der Waals surface area (Å²) in [5, 5.41) is 4.93. The summed E-state index contributed by atoms with van der Waals surface area (Å²) >= 11 is 0. The average molecular weight is 392 g/mol. The van der Waals surface area contributed by atoms with E-state index in [1.165, 1.54) is 4.90 Å². The van der Waals surface area contributed by atoms with Gasteiger partial charge in [-0.25, -0.2) is 0 Å². The number of anilines is 1. The molecule has 0 atom stereocenters. The van der Waals surface area contributed by atoms with Crippen LogP contribution >= 0.6 is 0 Å². The molecule has 0 aliphatic heterocycles. The van der Waals surface area contributed by atoms with E-state index in [4.69, 9.17) is 9.47 Å². The zero-order valence-corrected chi connectivity index (χ0v) is 16.6. The van der Waals surface area contributed by atoms with Crippen LogP contribution in [0.5, 0.6) is 11.5 Å². The van der Waals surface area contributed by atoms with E-state index < -0.39 is 0 Å². The van der Waals surface area contributed by atoms with Crippen molar-refractivity contribution >= 4 is 28.3 Å². The average Bonchev–Trinajstić information content (AvgIpc) is 2.76. The smallest absolute Gasteiger partial charge is 0.260 e. The molecule has 6 nitrogen and oxygen atoms in total. The number of carbonyl (C=O) groups excluding carboxylic acids is 2. The molecule has 0 unspecified atom stereocenters. The van der Waals surface area contributed by atoms with Crippen molar-refractivity contribution in [2.45, 2.75) is 6.92 Å². The quantitative estimate of drug-likeness (QED) is 0.635. The van der Waals surface area contributed by atoms with E-state index in [0.29, 0.717) is 23.7 Å². The summed E-state index contributed by atoms with van der Waals surface area (Å²) in [7, 11) is 1.58. The number of benzene rings is 3. The molecule has 150 valence electrons. The molecule has 0 bridgehead atoms. The molecule has 3 aromatic carbocycles.